The first-order valence-corrected chi connectivity index (χ1v) is 7.91. The van der Waals surface area contributed by atoms with Gasteiger partial charge in [-0.05, 0) is 50.2 Å². The largest absolute Gasteiger partial charge is 0.576 e. The van der Waals surface area contributed by atoms with E-state index >= 15 is 0 Å². The van der Waals surface area contributed by atoms with E-state index in [1.807, 2.05) is 13.8 Å². The fourth-order valence-electron chi connectivity index (χ4n) is 2.16. The van der Waals surface area contributed by atoms with Crippen LogP contribution in [-0.2, 0) is 0 Å². The summed E-state index contributed by atoms with van der Waals surface area (Å²) < 4.78 is 21.7. The van der Waals surface area contributed by atoms with E-state index < -0.39 is 0 Å². The highest BCUT2D eigenvalue weighted by Crippen LogP contribution is 2.24. The van der Waals surface area contributed by atoms with E-state index in [9.17, 15) is 9.59 Å². The van der Waals surface area contributed by atoms with E-state index in [4.69, 9.17) is 18.8 Å². The maximum atomic E-state index is 11.1. The molecule has 2 rings (SSSR count). The summed E-state index contributed by atoms with van der Waals surface area (Å²) in [7, 11) is -0.0709. The molecule has 0 atom stereocenters. The lowest BCUT2D eigenvalue weighted by Crippen LogP contribution is -2.11. The van der Waals surface area contributed by atoms with Crippen LogP contribution in [0.25, 0.3) is 0 Å². The molecule has 0 bridgehead atoms. The molecule has 0 saturated heterocycles. The lowest BCUT2D eigenvalue weighted by Gasteiger charge is -2.11. The number of aldehydes is 2. The number of hydrogen-bond acceptors (Lipinski definition) is 6. The summed E-state index contributed by atoms with van der Waals surface area (Å²) in [5, 5.41) is 0. The molecule has 0 amide bonds. The van der Waals surface area contributed by atoms with Crippen LogP contribution in [0.1, 0.15) is 34.6 Å². The molecular weight excluding hydrogens is 323 g/mol. The number of carbonyl (C=O) groups is 2. The summed E-state index contributed by atoms with van der Waals surface area (Å²) in [6.07, 6.45) is 1.42. The standard InChI is InChI=1S/C18H19BO6/c1-3-22-17-7-5-15(9-13(17)11-20)24-19-25-16-6-8-18(23-4-2)14(10-16)12-21/h5-12,19H,3-4H2,1-2H3. The number of rotatable bonds is 10. The second-order valence-corrected chi connectivity index (χ2v) is 4.91. The molecule has 0 radical (unpaired) electrons. The fraction of sp³-hybridized carbons (Fsp3) is 0.222. The molecule has 0 aromatic heterocycles. The van der Waals surface area contributed by atoms with Crippen LogP contribution in [0.3, 0.4) is 0 Å². The lowest BCUT2D eigenvalue weighted by atomic mass is 10.2. The van der Waals surface area contributed by atoms with E-state index in [-0.39, 0.29) is 7.69 Å². The normalized spacial score (nSPS) is 9.84. The molecule has 25 heavy (non-hydrogen) atoms. The smallest absolute Gasteiger partial charge is 0.528 e. The number of benzene rings is 2. The fourth-order valence-corrected chi connectivity index (χ4v) is 2.16. The minimum absolute atomic E-state index is 0.0709. The molecule has 2 aromatic carbocycles. The highest BCUT2D eigenvalue weighted by atomic mass is 16.6. The van der Waals surface area contributed by atoms with Crippen molar-refractivity contribution >= 4 is 20.3 Å². The maximum Gasteiger partial charge on any atom is 0.576 e. The maximum absolute atomic E-state index is 11.1. The molecule has 6 nitrogen and oxygen atoms in total. The monoisotopic (exact) mass is 342 g/mol. The SMILES string of the molecule is CCOc1ccc(OBOc2ccc(OCC)c(C=O)c2)cc1C=O. The molecule has 0 N–H and O–H groups in total. The molecule has 0 aliphatic rings. The molecule has 0 aliphatic heterocycles. The van der Waals surface area contributed by atoms with Crippen LogP contribution in [0.5, 0.6) is 23.0 Å². The van der Waals surface area contributed by atoms with E-state index in [1.165, 1.54) is 0 Å². The Labute approximate surface area is 147 Å². The van der Waals surface area contributed by atoms with Gasteiger partial charge in [0.05, 0.1) is 24.3 Å². The summed E-state index contributed by atoms with van der Waals surface area (Å²) in [4.78, 5) is 22.2. The van der Waals surface area contributed by atoms with Crippen LogP contribution < -0.4 is 18.8 Å². The van der Waals surface area contributed by atoms with Gasteiger partial charge in [0.1, 0.15) is 23.0 Å². The number of ether oxygens (including phenoxy) is 2. The Hall–Kier alpha value is -2.96. The van der Waals surface area contributed by atoms with Gasteiger partial charge in [-0.1, -0.05) is 0 Å². The summed E-state index contributed by atoms with van der Waals surface area (Å²) >= 11 is 0. The molecule has 0 saturated carbocycles. The first-order valence-electron chi connectivity index (χ1n) is 7.91. The predicted molar refractivity (Wildman–Crippen MR) is 94.4 cm³/mol. The van der Waals surface area contributed by atoms with Gasteiger partial charge < -0.3 is 18.8 Å². The van der Waals surface area contributed by atoms with Gasteiger partial charge in [0.2, 0.25) is 0 Å². The average Bonchev–Trinajstić information content (AvgIpc) is 2.64. The molecular formula is C18H19BO6. The van der Waals surface area contributed by atoms with Crippen molar-refractivity contribution in [1.29, 1.82) is 0 Å². The Morgan fingerprint density at radius 1 is 0.800 bits per heavy atom. The minimum Gasteiger partial charge on any atom is -0.528 e. The summed E-state index contributed by atoms with van der Waals surface area (Å²) in [6, 6.07) is 9.88. The topological polar surface area (TPSA) is 71.1 Å². The number of carbonyl (C=O) groups excluding carboxylic acids is 2. The third-order valence-corrected chi connectivity index (χ3v) is 3.27. The van der Waals surface area contributed by atoms with Gasteiger partial charge in [-0.15, -0.1) is 0 Å². The molecule has 0 unspecified atom stereocenters. The van der Waals surface area contributed by atoms with Crippen LogP contribution in [0.15, 0.2) is 36.4 Å². The summed E-state index contributed by atoms with van der Waals surface area (Å²) in [5.74, 6) is 1.97. The van der Waals surface area contributed by atoms with Crippen molar-refractivity contribution in [3.8, 4) is 23.0 Å². The van der Waals surface area contributed by atoms with Crippen LogP contribution >= 0.6 is 0 Å². The third kappa shape index (κ3) is 5.01. The van der Waals surface area contributed by atoms with Gasteiger partial charge >= 0.3 is 7.69 Å². The first-order chi connectivity index (χ1) is 12.2. The molecule has 0 spiro atoms. The predicted octanol–water partition coefficient (Wildman–Crippen LogP) is 2.83. The van der Waals surface area contributed by atoms with E-state index in [1.54, 1.807) is 36.4 Å². The van der Waals surface area contributed by atoms with E-state index in [0.29, 0.717) is 59.9 Å². The average molecular weight is 342 g/mol. The Morgan fingerprint density at radius 3 is 1.60 bits per heavy atom. The van der Waals surface area contributed by atoms with Gasteiger partial charge in [-0.3, -0.25) is 9.59 Å². The van der Waals surface area contributed by atoms with Crippen LogP contribution in [0.2, 0.25) is 0 Å². The van der Waals surface area contributed by atoms with Crippen LogP contribution in [-0.4, -0.2) is 33.5 Å². The van der Waals surface area contributed by atoms with Gasteiger partial charge in [-0.2, -0.15) is 0 Å². The summed E-state index contributed by atoms with van der Waals surface area (Å²) in [6.45, 7) is 4.64. The molecule has 0 heterocycles. The van der Waals surface area contributed by atoms with Crippen molar-refractivity contribution in [3.63, 3.8) is 0 Å². The van der Waals surface area contributed by atoms with Crippen LogP contribution in [0, 0.1) is 0 Å². The quantitative estimate of drug-likeness (QED) is 0.488. The third-order valence-electron chi connectivity index (χ3n) is 3.27. The lowest BCUT2D eigenvalue weighted by molar-refractivity contribution is 0.111. The summed E-state index contributed by atoms with van der Waals surface area (Å²) in [5.41, 5.74) is 0.812. The molecule has 0 fully saturated rings. The van der Waals surface area contributed by atoms with Gasteiger partial charge in [0.15, 0.2) is 12.6 Å². The number of hydrogen-bond donors (Lipinski definition) is 0. The minimum atomic E-state index is -0.0709. The molecule has 7 heteroatoms. The van der Waals surface area contributed by atoms with E-state index in [0.717, 1.165) is 0 Å². The Bertz CT molecular complexity index is 670. The first kappa shape index (κ1) is 18.4. The zero-order valence-electron chi connectivity index (χ0n) is 14.2. The highest BCUT2D eigenvalue weighted by Gasteiger charge is 2.08. The van der Waals surface area contributed by atoms with Crippen molar-refractivity contribution in [2.45, 2.75) is 13.8 Å². The van der Waals surface area contributed by atoms with Crippen molar-refractivity contribution in [2.75, 3.05) is 13.2 Å². The Morgan fingerprint density at radius 2 is 1.24 bits per heavy atom. The van der Waals surface area contributed by atoms with Crippen molar-refractivity contribution in [2.24, 2.45) is 0 Å². The zero-order chi connectivity index (χ0) is 18.1. The van der Waals surface area contributed by atoms with Gasteiger partial charge in [-0.25, -0.2) is 0 Å². The Balaban J connectivity index is 1.98. The van der Waals surface area contributed by atoms with Crippen molar-refractivity contribution in [1.82, 2.24) is 0 Å². The molecule has 2 aromatic rings. The van der Waals surface area contributed by atoms with Gasteiger partial charge in [0, 0.05) is 0 Å². The van der Waals surface area contributed by atoms with Crippen molar-refractivity contribution < 1.29 is 28.4 Å². The molecule has 0 aliphatic carbocycles. The molecule has 130 valence electrons. The second-order valence-electron chi connectivity index (χ2n) is 4.91. The van der Waals surface area contributed by atoms with E-state index in [2.05, 4.69) is 0 Å². The highest BCUT2D eigenvalue weighted by molar-refractivity contribution is 6.20. The van der Waals surface area contributed by atoms with Crippen molar-refractivity contribution in [3.05, 3.63) is 47.5 Å². The van der Waals surface area contributed by atoms with Gasteiger partial charge in [0.25, 0.3) is 0 Å². The second kappa shape index (κ2) is 9.37. The Kier molecular flexibility index (Phi) is 6.89. The zero-order valence-corrected chi connectivity index (χ0v) is 14.2. The van der Waals surface area contributed by atoms with Crippen LogP contribution in [0.4, 0.5) is 0 Å².